The molecule has 1 aliphatic heterocycles. The molecule has 8 nitrogen and oxygen atoms in total. The fourth-order valence-corrected chi connectivity index (χ4v) is 4.22. The van der Waals surface area contributed by atoms with E-state index in [0.717, 1.165) is 10.1 Å². The number of hydrogen-bond donors (Lipinski definition) is 1. The van der Waals surface area contributed by atoms with Crippen molar-refractivity contribution in [3.05, 3.63) is 59.9 Å². The third kappa shape index (κ3) is 6.54. The first kappa shape index (κ1) is 25.9. The van der Waals surface area contributed by atoms with Crippen molar-refractivity contribution in [1.82, 2.24) is 19.4 Å². The van der Waals surface area contributed by atoms with Gasteiger partial charge in [0.15, 0.2) is 6.61 Å². The van der Waals surface area contributed by atoms with Gasteiger partial charge in [0.05, 0.1) is 36.9 Å². The van der Waals surface area contributed by atoms with E-state index in [4.69, 9.17) is 9.47 Å². The van der Waals surface area contributed by atoms with Gasteiger partial charge in [-0.25, -0.2) is 4.98 Å². The highest BCUT2D eigenvalue weighted by molar-refractivity contribution is 5.78. The summed E-state index contributed by atoms with van der Waals surface area (Å²) in [6, 6.07) is 13.6. The van der Waals surface area contributed by atoms with Gasteiger partial charge in [0.1, 0.15) is 5.75 Å². The number of fused-ring (bicyclic) bond motifs is 1. The third-order valence-corrected chi connectivity index (χ3v) is 5.93. The van der Waals surface area contributed by atoms with E-state index >= 15 is 0 Å². The summed E-state index contributed by atoms with van der Waals surface area (Å²) in [4.78, 5) is 19.5. The maximum absolute atomic E-state index is 13.5. The number of halogens is 3. The van der Waals surface area contributed by atoms with Crippen molar-refractivity contribution in [3.63, 3.8) is 0 Å². The summed E-state index contributed by atoms with van der Waals surface area (Å²) in [5.41, 5.74) is 1.49. The van der Waals surface area contributed by atoms with Crippen LogP contribution in [-0.4, -0.2) is 83.0 Å². The SMILES string of the molecule is CN(Cc1ccc(OCC(=O)N2CCOCC2)cc1)C[C@@H](O)Cn1c(C(F)(F)F)nc2ccccc21. The molecule has 0 aliphatic carbocycles. The number of imidazole rings is 1. The lowest BCUT2D eigenvalue weighted by Gasteiger charge is -2.26. The van der Waals surface area contributed by atoms with Crippen LogP contribution in [0.5, 0.6) is 5.75 Å². The van der Waals surface area contributed by atoms with Crippen LogP contribution in [0.25, 0.3) is 11.0 Å². The molecule has 1 amide bonds. The number of morpholine rings is 1. The van der Waals surface area contributed by atoms with Crippen LogP contribution in [0.2, 0.25) is 0 Å². The maximum atomic E-state index is 13.5. The molecule has 1 N–H and O–H groups in total. The van der Waals surface area contributed by atoms with E-state index < -0.39 is 18.1 Å². The number of carbonyl (C=O) groups is 1. The largest absolute Gasteiger partial charge is 0.484 e. The average molecular weight is 507 g/mol. The number of likely N-dealkylation sites (N-methyl/N-ethyl adjacent to an activating group) is 1. The minimum Gasteiger partial charge on any atom is -0.484 e. The summed E-state index contributed by atoms with van der Waals surface area (Å²) < 4.78 is 52.4. The second kappa shape index (κ2) is 11.3. The molecule has 11 heteroatoms. The Balaban J connectivity index is 1.30. The molecule has 0 spiro atoms. The lowest BCUT2D eigenvalue weighted by atomic mass is 10.2. The second-order valence-corrected chi connectivity index (χ2v) is 8.81. The Kier molecular flexibility index (Phi) is 8.12. The smallest absolute Gasteiger partial charge is 0.449 e. The maximum Gasteiger partial charge on any atom is 0.449 e. The van der Waals surface area contributed by atoms with E-state index in [2.05, 4.69) is 4.98 Å². The molecule has 1 aromatic heterocycles. The Hall–Kier alpha value is -3.15. The van der Waals surface area contributed by atoms with Crippen LogP contribution in [0.4, 0.5) is 13.2 Å². The summed E-state index contributed by atoms with van der Waals surface area (Å²) in [6.07, 6.45) is -5.66. The highest BCUT2D eigenvalue weighted by Crippen LogP contribution is 2.31. The Morgan fingerprint density at radius 1 is 1.17 bits per heavy atom. The fraction of sp³-hybridized carbons (Fsp3) is 0.440. The normalized spacial score (nSPS) is 15.4. The quantitative estimate of drug-likeness (QED) is 0.481. The van der Waals surface area contributed by atoms with Gasteiger partial charge in [-0.15, -0.1) is 0 Å². The van der Waals surface area contributed by atoms with Gasteiger partial charge in [0, 0.05) is 26.2 Å². The minimum atomic E-state index is -4.62. The van der Waals surface area contributed by atoms with Crippen molar-refractivity contribution in [1.29, 1.82) is 0 Å². The molecule has 1 fully saturated rings. The number of alkyl halides is 3. The summed E-state index contributed by atoms with van der Waals surface area (Å²) in [6.45, 7) is 2.55. The fourth-order valence-electron chi connectivity index (χ4n) is 4.22. The van der Waals surface area contributed by atoms with Crippen LogP contribution in [0, 0.1) is 0 Å². The first-order valence-corrected chi connectivity index (χ1v) is 11.7. The molecular formula is C25H29F3N4O4. The van der Waals surface area contributed by atoms with Crippen LogP contribution >= 0.6 is 0 Å². The molecule has 1 atom stereocenters. The van der Waals surface area contributed by atoms with Gasteiger partial charge in [0.25, 0.3) is 5.91 Å². The van der Waals surface area contributed by atoms with E-state index in [1.807, 2.05) is 17.0 Å². The van der Waals surface area contributed by atoms with Gasteiger partial charge in [-0.2, -0.15) is 13.2 Å². The number of ether oxygens (including phenoxy) is 2. The van der Waals surface area contributed by atoms with Gasteiger partial charge < -0.3 is 24.0 Å². The number of aliphatic hydroxyl groups excluding tert-OH is 1. The molecule has 2 aromatic carbocycles. The summed E-state index contributed by atoms with van der Waals surface area (Å²) in [5.74, 6) is -0.543. The topological polar surface area (TPSA) is 80.1 Å². The molecule has 36 heavy (non-hydrogen) atoms. The van der Waals surface area contributed by atoms with E-state index in [9.17, 15) is 23.1 Å². The predicted molar refractivity (Wildman–Crippen MR) is 126 cm³/mol. The number of aliphatic hydroxyl groups is 1. The first-order valence-electron chi connectivity index (χ1n) is 11.7. The monoisotopic (exact) mass is 506 g/mol. The Morgan fingerprint density at radius 2 is 1.86 bits per heavy atom. The lowest BCUT2D eigenvalue weighted by molar-refractivity contribution is -0.147. The van der Waals surface area contributed by atoms with E-state index in [-0.39, 0.29) is 31.1 Å². The summed E-state index contributed by atoms with van der Waals surface area (Å²) >= 11 is 0. The van der Waals surface area contributed by atoms with Crippen LogP contribution in [0.3, 0.4) is 0 Å². The molecule has 194 valence electrons. The van der Waals surface area contributed by atoms with Crippen molar-refractivity contribution in [3.8, 4) is 5.75 Å². The van der Waals surface area contributed by atoms with Crippen molar-refractivity contribution in [2.75, 3.05) is 46.5 Å². The zero-order chi connectivity index (χ0) is 25.7. The highest BCUT2D eigenvalue weighted by Gasteiger charge is 2.38. The number of carbonyl (C=O) groups excluding carboxylic acids is 1. The number of amides is 1. The van der Waals surface area contributed by atoms with Gasteiger partial charge in [-0.05, 0) is 36.9 Å². The number of para-hydroxylation sites is 2. The number of hydrogen-bond acceptors (Lipinski definition) is 6. The van der Waals surface area contributed by atoms with E-state index in [1.54, 1.807) is 42.3 Å². The molecule has 0 saturated carbocycles. The molecule has 0 radical (unpaired) electrons. The Morgan fingerprint density at radius 3 is 2.56 bits per heavy atom. The minimum absolute atomic E-state index is 0.0473. The first-order chi connectivity index (χ1) is 17.2. The predicted octanol–water partition coefficient (Wildman–Crippen LogP) is 2.79. The van der Waals surface area contributed by atoms with E-state index in [0.29, 0.717) is 44.1 Å². The summed E-state index contributed by atoms with van der Waals surface area (Å²) in [5, 5.41) is 10.6. The highest BCUT2D eigenvalue weighted by atomic mass is 19.4. The second-order valence-electron chi connectivity index (χ2n) is 8.81. The van der Waals surface area contributed by atoms with Crippen LogP contribution in [-0.2, 0) is 28.8 Å². The zero-order valence-corrected chi connectivity index (χ0v) is 19.9. The van der Waals surface area contributed by atoms with Crippen molar-refractivity contribution < 1.29 is 32.5 Å². The molecule has 2 heterocycles. The standard InChI is InChI=1S/C25H29F3N4O4/c1-30(14-18-6-8-20(9-7-18)36-17-23(34)31-10-12-35-13-11-31)15-19(33)16-32-22-5-3-2-4-21(22)29-24(32)25(26,27)28/h2-9,19,33H,10-17H2,1H3/t19-/m1/s1. The number of nitrogens with zero attached hydrogens (tertiary/aromatic N) is 4. The average Bonchev–Trinajstić information content (AvgIpc) is 3.22. The molecule has 0 bridgehead atoms. The third-order valence-electron chi connectivity index (χ3n) is 5.93. The van der Waals surface area contributed by atoms with Crippen LogP contribution in [0.15, 0.2) is 48.5 Å². The molecule has 0 unspecified atom stereocenters. The van der Waals surface area contributed by atoms with Gasteiger partial charge >= 0.3 is 6.18 Å². The van der Waals surface area contributed by atoms with Crippen molar-refractivity contribution in [2.24, 2.45) is 0 Å². The van der Waals surface area contributed by atoms with Gasteiger partial charge in [0.2, 0.25) is 5.82 Å². The lowest BCUT2D eigenvalue weighted by Crippen LogP contribution is -2.42. The Bertz CT molecular complexity index is 1160. The van der Waals surface area contributed by atoms with E-state index in [1.165, 1.54) is 6.07 Å². The van der Waals surface area contributed by atoms with Crippen LogP contribution in [0.1, 0.15) is 11.4 Å². The summed E-state index contributed by atoms with van der Waals surface area (Å²) in [7, 11) is 1.78. The zero-order valence-electron chi connectivity index (χ0n) is 19.9. The van der Waals surface area contributed by atoms with Crippen molar-refractivity contribution >= 4 is 16.9 Å². The number of aromatic nitrogens is 2. The van der Waals surface area contributed by atoms with Gasteiger partial charge in [-0.1, -0.05) is 24.3 Å². The number of benzene rings is 2. The molecule has 3 aromatic rings. The Labute approximate surface area is 206 Å². The molecule has 1 aliphatic rings. The molecule has 4 rings (SSSR count). The van der Waals surface area contributed by atoms with Crippen molar-refractivity contribution in [2.45, 2.75) is 25.4 Å². The van der Waals surface area contributed by atoms with Gasteiger partial charge in [-0.3, -0.25) is 9.69 Å². The van der Waals surface area contributed by atoms with Crippen LogP contribution < -0.4 is 4.74 Å². The molecular weight excluding hydrogens is 477 g/mol. The molecule has 1 saturated heterocycles. The number of rotatable bonds is 9.